The average Bonchev–Trinajstić information content (AvgIpc) is 2.79. The van der Waals surface area contributed by atoms with Crippen molar-refractivity contribution in [1.29, 1.82) is 0 Å². The molecular formula is C24H24N2O4. The van der Waals surface area contributed by atoms with E-state index in [1.807, 2.05) is 36.4 Å². The third-order valence-electron chi connectivity index (χ3n) is 4.51. The van der Waals surface area contributed by atoms with Gasteiger partial charge in [0.25, 0.3) is 0 Å². The van der Waals surface area contributed by atoms with Crippen molar-refractivity contribution < 1.29 is 19.1 Å². The first-order valence-electron chi connectivity index (χ1n) is 9.75. The van der Waals surface area contributed by atoms with Gasteiger partial charge in [-0.1, -0.05) is 6.07 Å². The van der Waals surface area contributed by atoms with Gasteiger partial charge in [-0.15, -0.1) is 0 Å². The van der Waals surface area contributed by atoms with Gasteiger partial charge in [0.05, 0.1) is 7.11 Å². The number of ether oxygens (including phenoxy) is 2. The number of nitrogens with zero attached hydrogens (tertiary/aromatic N) is 1. The van der Waals surface area contributed by atoms with Crippen LogP contribution in [-0.4, -0.2) is 30.3 Å². The van der Waals surface area contributed by atoms with E-state index in [0.29, 0.717) is 30.0 Å². The van der Waals surface area contributed by atoms with Crippen LogP contribution in [-0.2, 0) is 11.2 Å². The predicted octanol–water partition coefficient (Wildman–Crippen LogP) is 4.20. The van der Waals surface area contributed by atoms with E-state index in [1.165, 1.54) is 0 Å². The molecule has 6 nitrogen and oxygen atoms in total. The number of aromatic nitrogens is 1. The van der Waals surface area contributed by atoms with Gasteiger partial charge < -0.3 is 14.8 Å². The van der Waals surface area contributed by atoms with E-state index in [4.69, 9.17) is 9.47 Å². The normalized spacial score (nSPS) is 10.3. The van der Waals surface area contributed by atoms with Gasteiger partial charge in [-0.2, -0.15) is 0 Å². The summed E-state index contributed by atoms with van der Waals surface area (Å²) in [4.78, 5) is 28.3. The SMILES string of the molecule is COc1ccc(Oc2ccc(C(=O)CCC(=O)NCCc3cccnc3)cc2)cc1. The first kappa shape index (κ1) is 21.0. The Bertz CT molecular complexity index is 955. The summed E-state index contributed by atoms with van der Waals surface area (Å²) in [5.74, 6) is 1.85. The van der Waals surface area contributed by atoms with Crippen LogP contribution < -0.4 is 14.8 Å². The van der Waals surface area contributed by atoms with Crippen molar-refractivity contribution >= 4 is 11.7 Å². The van der Waals surface area contributed by atoms with Gasteiger partial charge in [0.15, 0.2) is 5.78 Å². The molecule has 0 aliphatic rings. The Morgan fingerprint density at radius 2 is 1.57 bits per heavy atom. The number of benzene rings is 2. The molecule has 3 aromatic rings. The summed E-state index contributed by atoms with van der Waals surface area (Å²) in [6.07, 6.45) is 4.53. The summed E-state index contributed by atoms with van der Waals surface area (Å²) >= 11 is 0. The Balaban J connectivity index is 1.42. The molecule has 0 atom stereocenters. The summed E-state index contributed by atoms with van der Waals surface area (Å²) in [6, 6.07) is 18.0. The highest BCUT2D eigenvalue weighted by molar-refractivity contribution is 5.98. The Hall–Kier alpha value is -3.67. The molecule has 154 valence electrons. The molecule has 0 aliphatic heterocycles. The molecule has 0 radical (unpaired) electrons. The molecular weight excluding hydrogens is 380 g/mol. The van der Waals surface area contributed by atoms with Crippen molar-refractivity contribution in [3.63, 3.8) is 0 Å². The lowest BCUT2D eigenvalue weighted by Gasteiger charge is -2.08. The van der Waals surface area contributed by atoms with E-state index in [9.17, 15) is 9.59 Å². The Morgan fingerprint density at radius 3 is 2.20 bits per heavy atom. The fraction of sp³-hybridized carbons (Fsp3) is 0.208. The fourth-order valence-corrected chi connectivity index (χ4v) is 2.84. The molecule has 0 aliphatic carbocycles. The summed E-state index contributed by atoms with van der Waals surface area (Å²) in [5, 5.41) is 2.83. The quantitative estimate of drug-likeness (QED) is 0.512. The lowest BCUT2D eigenvalue weighted by Crippen LogP contribution is -2.26. The van der Waals surface area contributed by atoms with Gasteiger partial charge in [0, 0.05) is 37.3 Å². The average molecular weight is 404 g/mol. The zero-order valence-corrected chi connectivity index (χ0v) is 16.8. The zero-order valence-electron chi connectivity index (χ0n) is 16.8. The first-order chi connectivity index (χ1) is 14.6. The van der Waals surface area contributed by atoms with Crippen molar-refractivity contribution in [1.82, 2.24) is 10.3 Å². The van der Waals surface area contributed by atoms with Crippen LogP contribution >= 0.6 is 0 Å². The summed E-state index contributed by atoms with van der Waals surface area (Å²) in [5.41, 5.74) is 1.62. The number of ketones is 1. The molecule has 1 heterocycles. The van der Waals surface area contributed by atoms with Crippen LogP contribution in [0.5, 0.6) is 17.2 Å². The zero-order chi connectivity index (χ0) is 21.2. The second kappa shape index (κ2) is 10.8. The molecule has 0 unspecified atom stereocenters. The predicted molar refractivity (Wildman–Crippen MR) is 114 cm³/mol. The number of Topliss-reactive ketones (excluding diaryl/α,β-unsaturated/α-hetero) is 1. The number of pyridine rings is 1. The molecule has 0 spiro atoms. The molecule has 6 heteroatoms. The van der Waals surface area contributed by atoms with E-state index in [1.54, 1.807) is 43.8 Å². The van der Waals surface area contributed by atoms with Gasteiger partial charge in [0.2, 0.25) is 5.91 Å². The molecule has 0 bridgehead atoms. The number of amides is 1. The van der Waals surface area contributed by atoms with Crippen LogP contribution in [0.4, 0.5) is 0 Å². The largest absolute Gasteiger partial charge is 0.497 e. The Labute approximate surface area is 175 Å². The smallest absolute Gasteiger partial charge is 0.220 e. The monoisotopic (exact) mass is 404 g/mol. The molecule has 0 saturated carbocycles. The van der Waals surface area contributed by atoms with Crippen molar-refractivity contribution in [3.8, 4) is 17.2 Å². The molecule has 1 aromatic heterocycles. The third kappa shape index (κ3) is 6.44. The van der Waals surface area contributed by atoms with Gasteiger partial charge in [0.1, 0.15) is 17.2 Å². The number of nitrogens with one attached hydrogen (secondary N) is 1. The summed E-state index contributed by atoms with van der Waals surface area (Å²) in [7, 11) is 1.61. The molecule has 3 rings (SSSR count). The topological polar surface area (TPSA) is 77.5 Å². The van der Waals surface area contributed by atoms with Crippen LogP contribution in [0.25, 0.3) is 0 Å². The van der Waals surface area contributed by atoms with E-state index in [0.717, 1.165) is 11.3 Å². The molecule has 1 N–H and O–H groups in total. The molecule has 2 aromatic carbocycles. The lowest BCUT2D eigenvalue weighted by molar-refractivity contribution is -0.121. The van der Waals surface area contributed by atoms with Crippen LogP contribution in [0.2, 0.25) is 0 Å². The van der Waals surface area contributed by atoms with E-state index < -0.39 is 0 Å². The highest BCUT2D eigenvalue weighted by Gasteiger charge is 2.10. The van der Waals surface area contributed by atoms with E-state index in [2.05, 4.69) is 10.3 Å². The maximum Gasteiger partial charge on any atom is 0.220 e. The van der Waals surface area contributed by atoms with Crippen LogP contribution in [0.15, 0.2) is 73.1 Å². The number of carbonyl (C=O) groups excluding carboxylic acids is 2. The Kier molecular flexibility index (Phi) is 7.55. The van der Waals surface area contributed by atoms with Crippen molar-refractivity contribution in [2.45, 2.75) is 19.3 Å². The van der Waals surface area contributed by atoms with Crippen LogP contribution in [0.3, 0.4) is 0 Å². The minimum atomic E-state index is -0.133. The number of hydrogen-bond donors (Lipinski definition) is 1. The van der Waals surface area contributed by atoms with Crippen molar-refractivity contribution in [2.24, 2.45) is 0 Å². The van der Waals surface area contributed by atoms with Gasteiger partial charge in [-0.25, -0.2) is 0 Å². The maximum atomic E-state index is 12.3. The summed E-state index contributed by atoms with van der Waals surface area (Å²) < 4.78 is 10.9. The van der Waals surface area contributed by atoms with Gasteiger partial charge in [-0.3, -0.25) is 14.6 Å². The maximum absolute atomic E-state index is 12.3. The van der Waals surface area contributed by atoms with Crippen LogP contribution in [0.1, 0.15) is 28.8 Å². The number of hydrogen-bond acceptors (Lipinski definition) is 5. The summed E-state index contributed by atoms with van der Waals surface area (Å²) in [6.45, 7) is 0.524. The van der Waals surface area contributed by atoms with E-state index >= 15 is 0 Å². The Morgan fingerprint density at radius 1 is 0.900 bits per heavy atom. The standard InChI is InChI=1S/C24H24N2O4/c1-29-20-8-10-22(11-9-20)30-21-6-4-19(5-7-21)23(27)12-13-24(28)26-16-14-18-3-2-15-25-17-18/h2-11,15,17H,12-14,16H2,1H3,(H,26,28). The van der Waals surface area contributed by atoms with Gasteiger partial charge in [-0.05, 0) is 66.6 Å². The second-order valence-electron chi connectivity index (χ2n) is 6.69. The lowest BCUT2D eigenvalue weighted by atomic mass is 10.1. The van der Waals surface area contributed by atoms with Gasteiger partial charge >= 0.3 is 0 Å². The molecule has 1 amide bonds. The minimum Gasteiger partial charge on any atom is -0.497 e. The third-order valence-corrected chi connectivity index (χ3v) is 4.51. The molecule has 0 fully saturated rings. The number of methoxy groups -OCH3 is 1. The molecule has 0 saturated heterocycles. The second-order valence-corrected chi connectivity index (χ2v) is 6.69. The van der Waals surface area contributed by atoms with Crippen molar-refractivity contribution in [2.75, 3.05) is 13.7 Å². The van der Waals surface area contributed by atoms with Crippen LogP contribution in [0, 0.1) is 0 Å². The van der Waals surface area contributed by atoms with E-state index in [-0.39, 0.29) is 24.5 Å². The highest BCUT2D eigenvalue weighted by atomic mass is 16.5. The first-order valence-corrected chi connectivity index (χ1v) is 9.75. The minimum absolute atomic E-state index is 0.0755. The highest BCUT2D eigenvalue weighted by Crippen LogP contribution is 2.24. The van der Waals surface area contributed by atoms with Crippen molar-refractivity contribution in [3.05, 3.63) is 84.2 Å². The number of carbonyl (C=O) groups is 2. The molecule has 30 heavy (non-hydrogen) atoms. The fourth-order valence-electron chi connectivity index (χ4n) is 2.84. The number of rotatable bonds is 10.